The van der Waals surface area contributed by atoms with Crippen LogP contribution >= 0.6 is 0 Å². The van der Waals surface area contributed by atoms with Gasteiger partial charge in [0.15, 0.2) is 0 Å². The number of fused-ring (bicyclic) bond motifs is 1. The van der Waals surface area contributed by atoms with Crippen LogP contribution in [0.15, 0.2) is 67.2 Å². The lowest BCUT2D eigenvalue weighted by molar-refractivity contribution is 0.235. The van der Waals surface area contributed by atoms with Gasteiger partial charge in [0, 0.05) is 53.8 Å². The number of unbranched alkanes of at least 4 members (excludes halogenated alkanes) is 1. The summed E-state index contributed by atoms with van der Waals surface area (Å²) in [4.78, 5) is 7.23. The predicted octanol–water partition coefficient (Wildman–Crippen LogP) is 5.10. The van der Waals surface area contributed by atoms with Crippen LogP contribution in [0.4, 0.5) is 0 Å². The Balaban J connectivity index is 1.65. The van der Waals surface area contributed by atoms with Gasteiger partial charge in [0.05, 0.1) is 36.2 Å². The van der Waals surface area contributed by atoms with Gasteiger partial charge in [-0.05, 0) is 63.2 Å². The molecule has 2 heterocycles. The van der Waals surface area contributed by atoms with Crippen LogP contribution in [0.3, 0.4) is 0 Å². The molecular weight excluding hydrogens is 566 g/mol. The fourth-order valence-corrected chi connectivity index (χ4v) is 6.96. The van der Waals surface area contributed by atoms with Crippen LogP contribution in [0.5, 0.6) is 0 Å². The van der Waals surface area contributed by atoms with Crippen molar-refractivity contribution >= 4 is 17.1 Å². The highest BCUT2D eigenvalue weighted by Gasteiger charge is 2.40. The van der Waals surface area contributed by atoms with E-state index in [0.29, 0.717) is 25.3 Å². The van der Waals surface area contributed by atoms with E-state index < -0.39 is 11.4 Å². The molecule has 3 aromatic rings. The summed E-state index contributed by atoms with van der Waals surface area (Å²) < 4.78 is 15.5. The van der Waals surface area contributed by atoms with Crippen molar-refractivity contribution in [3.05, 3.63) is 95.2 Å². The standard InChI is InChI=1S/C36H47N5O2S/c1-6-7-21-44(43)41-26-32-23-33(28(3)38-27(2)24-37-25-30-13-9-8-10-14-30)39-36(35(32)34(41)18-20-42)31-17-11-15-29(22-31)16-12-19-40(4)5/h8-11,13-15,17,22-23,27,34,37-38,42H,3,6-7,18-21,24-26H2,1-2,4-5H3/t27-,34-,44?/m1/s1. The molecule has 0 saturated heterocycles. The van der Waals surface area contributed by atoms with E-state index in [4.69, 9.17) is 4.98 Å². The van der Waals surface area contributed by atoms with Crippen molar-refractivity contribution in [1.82, 2.24) is 24.8 Å². The average molecular weight is 614 g/mol. The molecule has 1 unspecified atom stereocenters. The zero-order valence-corrected chi connectivity index (χ0v) is 27.4. The third kappa shape index (κ3) is 9.18. The minimum atomic E-state index is -1.16. The van der Waals surface area contributed by atoms with Crippen molar-refractivity contribution in [2.45, 2.75) is 58.3 Å². The molecule has 7 nitrogen and oxygen atoms in total. The zero-order chi connectivity index (χ0) is 31.5. The van der Waals surface area contributed by atoms with Gasteiger partial charge in [-0.15, -0.1) is 4.31 Å². The van der Waals surface area contributed by atoms with Crippen molar-refractivity contribution in [3.63, 3.8) is 0 Å². The van der Waals surface area contributed by atoms with Crippen molar-refractivity contribution in [2.75, 3.05) is 39.5 Å². The van der Waals surface area contributed by atoms with E-state index in [0.717, 1.165) is 65.3 Å². The third-order valence-electron chi connectivity index (χ3n) is 7.60. The molecule has 0 bridgehead atoms. The van der Waals surface area contributed by atoms with Gasteiger partial charge in [-0.25, -0.2) is 4.98 Å². The summed E-state index contributed by atoms with van der Waals surface area (Å²) in [6.45, 7) is 11.4. The van der Waals surface area contributed by atoms with Crippen LogP contribution < -0.4 is 10.6 Å². The monoisotopic (exact) mass is 613 g/mol. The number of nitrogens with one attached hydrogen (secondary N) is 2. The van der Waals surface area contributed by atoms with Crippen molar-refractivity contribution in [2.24, 2.45) is 0 Å². The van der Waals surface area contributed by atoms with Crippen LogP contribution in [0, 0.1) is 11.8 Å². The number of hydrogen-bond acceptors (Lipinski definition) is 7. The molecule has 0 fully saturated rings. The molecule has 4 rings (SSSR count). The molecule has 1 aliphatic heterocycles. The summed E-state index contributed by atoms with van der Waals surface area (Å²) in [6, 6.07) is 20.5. The summed E-state index contributed by atoms with van der Waals surface area (Å²) in [5.74, 6) is 7.12. The van der Waals surface area contributed by atoms with E-state index in [1.54, 1.807) is 0 Å². The van der Waals surface area contributed by atoms with E-state index in [9.17, 15) is 9.66 Å². The van der Waals surface area contributed by atoms with Gasteiger partial charge in [-0.1, -0.05) is 74.2 Å². The molecule has 2 aromatic carbocycles. The Bertz CT molecular complexity index is 1440. The molecular formula is C36H47N5O2S. The lowest BCUT2D eigenvalue weighted by atomic mass is 9.95. The van der Waals surface area contributed by atoms with Crippen LogP contribution in [-0.2, 0) is 24.5 Å². The Morgan fingerprint density at radius 3 is 2.73 bits per heavy atom. The summed E-state index contributed by atoms with van der Waals surface area (Å²) >= 11 is -1.16. The first-order valence-corrected chi connectivity index (χ1v) is 16.8. The molecule has 1 aliphatic rings. The van der Waals surface area contributed by atoms with Crippen LogP contribution in [0.25, 0.3) is 17.0 Å². The van der Waals surface area contributed by atoms with E-state index in [-0.39, 0.29) is 18.7 Å². The van der Waals surface area contributed by atoms with Gasteiger partial charge >= 0.3 is 0 Å². The summed E-state index contributed by atoms with van der Waals surface area (Å²) in [6.07, 6.45) is 2.37. The highest BCUT2D eigenvalue weighted by Crippen LogP contribution is 2.43. The minimum Gasteiger partial charge on any atom is -0.598 e. The van der Waals surface area contributed by atoms with E-state index in [2.05, 4.69) is 85.4 Å². The zero-order valence-electron chi connectivity index (χ0n) is 26.6. The van der Waals surface area contributed by atoms with Crippen LogP contribution in [-0.4, -0.2) is 69.4 Å². The number of hydrogen-bond donors (Lipinski definition) is 3. The van der Waals surface area contributed by atoms with E-state index >= 15 is 0 Å². The second kappa shape index (κ2) is 16.8. The molecule has 0 spiro atoms. The van der Waals surface area contributed by atoms with E-state index in [1.165, 1.54) is 5.56 Å². The Kier molecular flexibility index (Phi) is 12.9. The maximum Gasteiger partial charge on any atom is 0.125 e. The molecule has 3 atom stereocenters. The Morgan fingerprint density at radius 1 is 1.20 bits per heavy atom. The molecule has 234 valence electrons. The third-order valence-corrected chi connectivity index (χ3v) is 9.15. The smallest absolute Gasteiger partial charge is 0.125 e. The number of aliphatic hydroxyl groups is 1. The minimum absolute atomic E-state index is 0.00455. The highest BCUT2D eigenvalue weighted by molar-refractivity contribution is 7.89. The lowest BCUT2D eigenvalue weighted by Crippen LogP contribution is -2.35. The Hall–Kier alpha value is -3.16. The maximum atomic E-state index is 13.5. The van der Waals surface area contributed by atoms with Crippen molar-refractivity contribution < 1.29 is 9.66 Å². The first-order chi connectivity index (χ1) is 21.3. The largest absolute Gasteiger partial charge is 0.598 e. The predicted molar refractivity (Wildman–Crippen MR) is 183 cm³/mol. The molecule has 1 aromatic heterocycles. The SMILES string of the molecule is C=C(N[C@H](C)CNCc1ccccc1)c1cc2c(c(-c3cccc(C#CCN(C)C)c3)n1)[C@@H](CCO)N([S+]([O-])CCCC)C2. The number of aromatic nitrogens is 1. The molecule has 44 heavy (non-hydrogen) atoms. The van der Waals surface area contributed by atoms with Gasteiger partial charge in [0.1, 0.15) is 5.75 Å². The maximum absolute atomic E-state index is 13.5. The number of aliphatic hydroxyl groups excluding tert-OH is 1. The molecule has 8 heteroatoms. The first-order valence-electron chi connectivity index (χ1n) is 15.5. The van der Waals surface area contributed by atoms with Gasteiger partial charge in [0.2, 0.25) is 0 Å². The van der Waals surface area contributed by atoms with Gasteiger partial charge in [0.25, 0.3) is 0 Å². The highest BCUT2D eigenvalue weighted by atomic mass is 32.2. The summed E-state index contributed by atoms with van der Waals surface area (Å²) in [5.41, 5.74) is 7.58. The second-order valence-corrected chi connectivity index (χ2v) is 13.2. The Labute approximate surface area is 267 Å². The van der Waals surface area contributed by atoms with Gasteiger partial charge in [-0.2, -0.15) is 0 Å². The first kappa shape index (κ1) is 33.7. The molecule has 0 saturated carbocycles. The van der Waals surface area contributed by atoms with Crippen molar-refractivity contribution in [1.29, 1.82) is 0 Å². The topological polar surface area (TPSA) is 86.7 Å². The molecule has 0 aliphatic carbocycles. The number of pyridine rings is 1. The fourth-order valence-electron chi connectivity index (χ4n) is 5.41. The second-order valence-electron chi connectivity index (χ2n) is 11.7. The molecule has 0 radical (unpaired) electrons. The number of rotatable bonds is 15. The molecule has 0 amide bonds. The van der Waals surface area contributed by atoms with Gasteiger partial charge in [-0.3, -0.25) is 4.90 Å². The number of nitrogens with zero attached hydrogens (tertiary/aromatic N) is 3. The van der Waals surface area contributed by atoms with Crippen molar-refractivity contribution in [3.8, 4) is 23.1 Å². The number of benzene rings is 2. The lowest BCUT2D eigenvalue weighted by Gasteiger charge is -2.26. The molecule has 3 N–H and O–H groups in total. The fraction of sp³-hybridized carbons (Fsp3) is 0.417. The summed E-state index contributed by atoms with van der Waals surface area (Å²) in [5, 5.41) is 17.1. The van der Waals surface area contributed by atoms with Crippen LogP contribution in [0.1, 0.15) is 67.1 Å². The van der Waals surface area contributed by atoms with Crippen LogP contribution in [0.2, 0.25) is 0 Å². The quantitative estimate of drug-likeness (QED) is 0.162. The summed E-state index contributed by atoms with van der Waals surface area (Å²) in [7, 11) is 4.00. The van der Waals surface area contributed by atoms with E-state index in [1.807, 2.05) is 41.5 Å². The normalized spacial score (nSPS) is 15.8. The average Bonchev–Trinajstić information content (AvgIpc) is 3.38. The Morgan fingerprint density at radius 2 is 2.00 bits per heavy atom. The van der Waals surface area contributed by atoms with Gasteiger partial charge < -0.3 is 20.3 Å².